The average molecular weight is 1130 g/mol. The number of carbonyl (C=O) groups excluding carboxylic acids is 3. The van der Waals surface area contributed by atoms with E-state index in [1.54, 1.807) is 59.7 Å². The molecule has 26 nitrogen and oxygen atoms in total. The summed E-state index contributed by atoms with van der Waals surface area (Å²) in [7, 11) is 6.43. The van der Waals surface area contributed by atoms with E-state index in [1.165, 1.54) is 27.2 Å². The smallest absolute Gasteiger partial charge is 0.335 e. The zero-order valence-corrected chi connectivity index (χ0v) is 46.5. The molecule has 25 atom stereocenters. The SMILES string of the molecule is CC[C@H]1OC(=O)C[C@@H](O)[C@H](C)[C@@H](O[C@@H]2O[C@H](C)[C@@H](O[C@H]3C[C@@](C)(O)[C@@H](O)[C@H](C)O3)[C@H](N(C)C)[C@H]2O)[C@@H](CC=O)C[C@@H](C)C(=O)/C=C/C(C)=C/C1CO[C@@H]1O[C@H](C)[C@@H](O)[C@@H](OC)[C@H]1OC.O=C(O)[C@@H](O)[C@@H](O)[C@H](O)[C@@H](O)C(=O)O. The van der Waals surface area contributed by atoms with Crippen LogP contribution in [0.5, 0.6) is 0 Å². The fourth-order valence-electron chi connectivity index (χ4n) is 10.2. The lowest BCUT2D eigenvalue weighted by Crippen LogP contribution is -2.65. The van der Waals surface area contributed by atoms with Crippen LogP contribution in [-0.4, -0.2) is 254 Å². The molecular weight excluding hydrogens is 1040 g/mol. The number of aliphatic hydroxyl groups is 9. The molecule has 4 heterocycles. The second-order valence-corrected chi connectivity index (χ2v) is 21.3. The monoisotopic (exact) mass is 1130 g/mol. The van der Waals surface area contributed by atoms with E-state index in [0.717, 1.165) is 6.29 Å². The summed E-state index contributed by atoms with van der Waals surface area (Å²) in [6, 6.07) is -0.748. The molecule has 4 rings (SSSR count). The lowest BCUT2D eigenvalue weighted by molar-refractivity contribution is -0.341. The number of cyclic esters (lactones) is 1. The second-order valence-electron chi connectivity index (χ2n) is 21.3. The van der Waals surface area contributed by atoms with Crippen molar-refractivity contribution >= 4 is 30.0 Å². The fourth-order valence-corrected chi connectivity index (χ4v) is 10.2. The van der Waals surface area contributed by atoms with Crippen molar-refractivity contribution in [3.05, 3.63) is 23.8 Å². The van der Waals surface area contributed by atoms with Crippen molar-refractivity contribution in [3.63, 3.8) is 0 Å². The van der Waals surface area contributed by atoms with Crippen LogP contribution in [0.3, 0.4) is 0 Å². The van der Waals surface area contributed by atoms with Crippen LogP contribution in [0, 0.1) is 23.7 Å². The molecule has 0 aromatic carbocycles. The Morgan fingerprint density at radius 3 is 1.90 bits per heavy atom. The Morgan fingerprint density at radius 2 is 1.38 bits per heavy atom. The van der Waals surface area contributed by atoms with Crippen molar-refractivity contribution in [1.82, 2.24) is 4.90 Å². The summed E-state index contributed by atoms with van der Waals surface area (Å²) in [5, 5.41) is 107. The Labute approximate surface area is 454 Å². The Kier molecular flexibility index (Phi) is 27.4. The first-order chi connectivity index (χ1) is 36.4. The first-order valence-corrected chi connectivity index (χ1v) is 26.1. The minimum atomic E-state index is -2.36. The lowest BCUT2D eigenvalue weighted by atomic mass is 9.79. The van der Waals surface area contributed by atoms with Crippen molar-refractivity contribution in [1.29, 1.82) is 0 Å². The number of ether oxygens (including phenoxy) is 9. The minimum absolute atomic E-state index is 0.00788. The molecule has 78 heavy (non-hydrogen) atoms. The van der Waals surface area contributed by atoms with Crippen LogP contribution in [-0.2, 0) is 66.6 Å². The van der Waals surface area contributed by atoms with Crippen LogP contribution >= 0.6 is 0 Å². The number of carboxylic acids is 2. The highest BCUT2D eigenvalue weighted by atomic mass is 16.7. The topological polar surface area (TPSA) is 394 Å². The zero-order valence-electron chi connectivity index (χ0n) is 46.5. The van der Waals surface area contributed by atoms with Gasteiger partial charge in [-0.1, -0.05) is 38.5 Å². The summed E-state index contributed by atoms with van der Waals surface area (Å²) in [4.78, 5) is 61.7. The van der Waals surface area contributed by atoms with Gasteiger partial charge in [-0.2, -0.15) is 0 Å². The highest BCUT2D eigenvalue weighted by Gasteiger charge is 2.52. The molecule has 0 bridgehead atoms. The quantitative estimate of drug-likeness (QED) is 0.0546. The lowest BCUT2D eigenvalue weighted by Gasteiger charge is -2.50. The number of aliphatic carboxylic acids is 2. The van der Waals surface area contributed by atoms with Crippen LogP contribution in [0.4, 0.5) is 0 Å². The van der Waals surface area contributed by atoms with Gasteiger partial charge in [-0.05, 0) is 73.5 Å². The molecule has 0 spiro atoms. The minimum Gasteiger partial charge on any atom is -0.479 e. The molecule has 0 aromatic heterocycles. The number of nitrogens with zero attached hydrogens (tertiary/aromatic N) is 1. The number of hydrogen-bond donors (Lipinski definition) is 11. The maximum Gasteiger partial charge on any atom is 0.335 e. The van der Waals surface area contributed by atoms with Crippen LogP contribution in [0.2, 0.25) is 0 Å². The summed E-state index contributed by atoms with van der Waals surface area (Å²) in [5.41, 5.74) is -0.806. The third-order valence-electron chi connectivity index (χ3n) is 14.9. The van der Waals surface area contributed by atoms with E-state index in [4.69, 9.17) is 73.3 Å². The summed E-state index contributed by atoms with van der Waals surface area (Å²) in [6.45, 7) is 13.6. The Hall–Kier alpha value is -3.49. The predicted molar refractivity (Wildman–Crippen MR) is 270 cm³/mol. The number of rotatable bonds is 18. The number of esters is 1. The van der Waals surface area contributed by atoms with Gasteiger partial charge in [-0.25, -0.2) is 9.59 Å². The van der Waals surface area contributed by atoms with Gasteiger partial charge in [0.15, 0.2) is 36.9 Å². The van der Waals surface area contributed by atoms with Crippen molar-refractivity contribution in [2.45, 2.75) is 216 Å². The molecule has 1 unspecified atom stereocenters. The van der Waals surface area contributed by atoms with Gasteiger partial charge in [0, 0.05) is 44.8 Å². The number of likely N-dealkylation sites (N-methyl/N-ethyl adjacent to an activating group) is 1. The number of aliphatic hydroxyl groups excluding tert-OH is 8. The molecule has 3 saturated heterocycles. The van der Waals surface area contributed by atoms with Gasteiger partial charge in [0.2, 0.25) is 0 Å². The van der Waals surface area contributed by atoms with Crippen LogP contribution < -0.4 is 0 Å². The van der Waals surface area contributed by atoms with Crippen molar-refractivity contribution in [2.75, 3.05) is 34.9 Å². The molecule has 0 radical (unpaired) electrons. The van der Waals surface area contributed by atoms with E-state index in [9.17, 15) is 49.5 Å². The third-order valence-corrected chi connectivity index (χ3v) is 14.9. The number of hydrogen-bond acceptors (Lipinski definition) is 24. The van der Waals surface area contributed by atoms with Gasteiger partial charge >= 0.3 is 17.9 Å². The largest absolute Gasteiger partial charge is 0.479 e. The molecule has 4 aliphatic rings. The van der Waals surface area contributed by atoms with Crippen molar-refractivity contribution < 1.29 is 123 Å². The molecule has 0 amide bonds. The summed E-state index contributed by atoms with van der Waals surface area (Å²) in [5.74, 6) is -7.27. The summed E-state index contributed by atoms with van der Waals surface area (Å²) >= 11 is 0. The van der Waals surface area contributed by atoms with Crippen LogP contribution in [0.15, 0.2) is 23.8 Å². The molecule has 450 valence electrons. The van der Waals surface area contributed by atoms with Gasteiger partial charge in [-0.15, -0.1) is 0 Å². The van der Waals surface area contributed by atoms with E-state index in [2.05, 4.69) is 0 Å². The highest BCUT2D eigenvalue weighted by molar-refractivity contribution is 5.91. The summed E-state index contributed by atoms with van der Waals surface area (Å²) in [6.07, 6.45) is -17.8. The Balaban J connectivity index is 0.000000998. The van der Waals surface area contributed by atoms with Gasteiger partial charge in [-0.3, -0.25) is 9.59 Å². The highest BCUT2D eigenvalue weighted by Crippen LogP contribution is 2.38. The number of carbonyl (C=O) groups is 5. The molecule has 0 aliphatic carbocycles. The normalized spacial score (nSPS) is 41.2. The molecule has 3 fully saturated rings. The van der Waals surface area contributed by atoms with Gasteiger partial charge in [0.1, 0.15) is 61.2 Å². The third kappa shape index (κ3) is 18.3. The molecule has 26 heteroatoms. The maximum atomic E-state index is 13.8. The standard InChI is InChI=1S/C46H77NO17.C6H10O8/c1-13-33-30(22-58-45-42(57-12)41(56-11)37(52)26(5)60-45)18-23(2)14-15-31(49)24(3)19-29(16-17-48)39(25(4)32(50)20-34(51)62-33)64-44-38(53)36(47(9)10)40(27(6)61-44)63-35-21-46(8,55)43(54)28(7)59-35;7-1(3(9)5(11)12)2(8)4(10)6(13)14/h14-15,17-18,24-30,32-33,35-45,50,52-55H,13,16,19-22H2,1-12H3;1-4,7-10H,(H,11,12)(H,13,14)/b15-14+,23-18+;/t24-,25+,26-,27-,28+,29+,30?,32-,33-,35+,36-,37-,38-,39-,40-,41-,42-,43+,44+,45-,46-;1-,2-,3-,4+/m10/s1. The van der Waals surface area contributed by atoms with Crippen molar-refractivity contribution in [2.24, 2.45) is 23.7 Å². The zero-order chi connectivity index (χ0) is 59.3. The van der Waals surface area contributed by atoms with E-state index in [-0.39, 0.29) is 31.7 Å². The average Bonchev–Trinajstić information content (AvgIpc) is 3.37. The second kappa shape index (κ2) is 31.1. The maximum absolute atomic E-state index is 13.8. The molecule has 11 N–H and O–H groups in total. The number of methoxy groups -OCH3 is 2. The fraction of sp³-hybridized carbons (Fsp3) is 0.827. The number of aldehydes is 1. The van der Waals surface area contributed by atoms with Gasteiger partial charge in [0.05, 0.1) is 55.2 Å². The van der Waals surface area contributed by atoms with Gasteiger partial charge < -0.3 is 108 Å². The Morgan fingerprint density at radius 1 is 0.808 bits per heavy atom. The number of carboxylic acid groups (broad SMARTS) is 2. The first kappa shape index (κ1) is 68.8. The van der Waals surface area contributed by atoms with Crippen molar-refractivity contribution in [3.8, 4) is 0 Å². The van der Waals surface area contributed by atoms with E-state index < -0.39 is 176 Å². The molecular formula is C52H87NO25. The first-order valence-electron chi connectivity index (χ1n) is 26.1. The number of ketones is 1. The van der Waals surface area contributed by atoms with E-state index in [1.807, 2.05) is 19.9 Å². The molecule has 0 saturated carbocycles. The molecule has 4 aliphatic heterocycles. The predicted octanol–water partition coefficient (Wildman–Crippen LogP) is -1.57. The Bertz CT molecular complexity index is 1950. The van der Waals surface area contributed by atoms with E-state index >= 15 is 0 Å². The van der Waals surface area contributed by atoms with E-state index in [0.29, 0.717) is 12.0 Å². The number of allylic oxidation sites excluding steroid dienone is 3. The summed E-state index contributed by atoms with van der Waals surface area (Å²) < 4.78 is 54.7. The van der Waals surface area contributed by atoms with Crippen LogP contribution in [0.1, 0.15) is 87.5 Å². The molecule has 0 aromatic rings. The van der Waals surface area contributed by atoms with Gasteiger partial charge in [0.25, 0.3) is 0 Å². The van der Waals surface area contributed by atoms with Crippen LogP contribution in [0.25, 0.3) is 0 Å².